The van der Waals surface area contributed by atoms with Crippen LogP contribution in [0.15, 0.2) is 60.0 Å². The van der Waals surface area contributed by atoms with Crippen LogP contribution in [0.4, 0.5) is 0 Å². The Morgan fingerprint density at radius 2 is 2.14 bits per heavy atom. The summed E-state index contributed by atoms with van der Waals surface area (Å²) in [4.78, 5) is 23.1. The number of pyridine rings is 1. The van der Waals surface area contributed by atoms with E-state index in [0.717, 1.165) is 5.56 Å². The lowest BCUT2D eigenvalue weighted by Crippen LogP contribution is -2.21. The number of carboxylic acid groups (broad SMARTS) is 1. The minimum Gasteiger partial charge on any atom is -0.484 e. The second-order valence-corrected chi connectivity index (χ2v) is 4.41. The second kappa shape index (κ2) is 6.56. The molecule has 108 valence electrons. The Kier molecular flexibility index (Phi) is 4.56. The number of hydrogen-bond acceptors (Lipinski definition) is 3. The van der Waals surface area contributed by atoms with Gasteiger partial charge in [0.2, 0.25) is 0 Å². The summed E-state index contributed by atoms with van der Waals surface area (Å²) in [7, 11) is 0. The molecule has 5 heteroatoms. The van der Waals surface area contributed by atoms with Crippen molar-refractivity contribution in [3.63, 3.8) is 0 Å². The Morgan fingerprint density at radius 3 is 2.86 bits per heavy atom. The number of aromatic carboxylic acids is 1. The van der Waals surface area contributed by atoms with Gasteiger partial charge in [-0.2, -0.15) is 0 Å². The first-order chi connectivity index (χ1) is 10.1. The molecule has 0 amide bonds. The Bertz CT molecular complexity index is 718. The molecular weight excluding hydrogens is 270 g/mol. The number of aromatic nitrogens is 1. The third-order valence-corrected chi connectivity index (χ3v) is 2.87. The van der Waals surface area contributed by atoms with Crippen LogP contribution in [0, 0.1) is 0 Å². The molecule has 0 atom stereocenters. The number of ether oxygens (including phenoxy) is 1. The minimum absolute atomic E-state index is 0.194. The van der Waals surface area contributed by atoms with Crippen molar-refractivity contribution in [1.29, 1.82) is 0 Å². The van der Waals surface area contributed by atoms with E-state index in [4.69, 9.17) is 9.84 Å². The van der Waals surface area contributed by atoms with Crippen molar-refractivity contribution in [3.05, 3.63) is 76.7 Å². The Morgan fingerprint density at radius 1 is 1.33 bits per heavy atom. The standard InChI is InChI=1S/C16H15NO4/c1-2-9-21-14-7-4-8-17(15(14)18)11-12-5-3-6-13(10-12)16(19)20/h2-8,10H,1,9,11H2,(H,19,20). The van der Waals surface area contributed by atoms with Gasteiger partial charge in [-0.05, 0) is 29.8 Å². The zero-order chi connectivity index (χ0) is 15.2. The van der Waals surface area contributed by atoms with Gasteiger partial charge in [0, 0.05) is 6.20 Å². The molecule has 0 bridgehead atoms. The highest BCUT2D eigenvalue weighted by atomic mass is 16.5. The van der Waals surface area contributed by atoms with E-state index in [1.54, 1.807) is 42.6 Å². The van der Waals surface area contributed by atoms with E-state index < -0.39 is 5.97 Å². The number of nitrogens with zero attached hydrogens (tertiary/aromatic N) is 1. The largest absolute Gasteiger partial charge is 0.484 e. The molecule has 0 spiro atoms. The zero-order valence-corrected chi connectivity index (χ0v) is 11.4. The van der Waals surface area contributed by atoms with Crippen LogP contribution in [-0.2, 0) is 6.54 Å². The summed E-state index contributed by atoms with van der Waals surface area (Å²) in [5.74, 6) is -0.751. The molecule has 1 heterocycles. The average Bonchev–Trinajstić information content (AvgIpc) is 2.48. The number of benzene rings is 1. The van der Waals surface area contributed by atoms with E-state index >= 15 is 0 Å². The van der Waals surface area contributed by atoms with Crippen molar-refractivity contribution in [2.24, 2.45) is 0 Å². The fourth-order valence-electron chi connectivity index (χ4n) is 1.90. The molecule has 0 saturated carbocycles. The van der Waals surface area contributed by atoms with Gasteiger partial charge >= 0.3 is 5.97 Å². The van der Waals surface area contributed by atoms with E-state index in [9.17, 15) is 9.59 Å². The van der Waals surface area contributed by atoms with Crippen LogP contribution in [-0.4, -0.2) is 22.2 Å². The maximum absolute atomic E-state index is 12.2. The smallest absolute Gasteiger partial charge is 0.335 e. The van der Waals surface area contributed by atoms with Gasteiger partial charge in [0.05, 0.1) is 12.1 Å². The van der Waals surface area contributed by atoms with Crippen LogP contribution >= 0.6 is 0 Å². The monoisotopic (exact) mass is 285 g/mol. The van der Waals surface area contributed by atoms with Crippen LogP contribution in [0.3, 0.4) is 0 Å². The van der Waals surface area contributed by atoms with Crippen molar-refractivity contribution in [2.75, 3.05) is 6.61 Å². The van der Waals surface area contributed by atoms with Crippen LogP contribution in [0.25, 0.3) is 0 Å². The number of carbonyl (C=O) groups is 1. The molecule has 1 N–H and O–H groups in total. The Hall–Kier alpha value is -2.82. The quantitative estimate of drug-likeness (QED) is 0.826. The predicted molar refractivity (Wildman–Crippen MR) is 78.9 cm³/mol. The fraction of sp³-hybridized carbons (Fsp3) is 0.125. The molecule has 2 aromatic rings. The summed E-state index contributed by atoms with van der Waals surface area (Å²) in [5, 5.41) is 8.97. The number of carboxylic acids is 1. The molecule has 0 unspecified atom stereocenters. The molecule has 1 aromatic heterocycles. The molecule has 0 aliphatic heterocycles. The van der Waals surface area contributed by atoms with Gasteiger partial charge in [-0.3, -0.25) is 4.79 Å². The van der Waals surface area contributed by atoms with Gasteiger partial charge in [-0.1, -0.05) is 24.8 Å². The van der Waals surface area contributed by atoms with Gasteiger partial charge in [0.25, 0.3) is 5.56 Å². The van der Waals surface area contributed by atoms with Crippen molar-refractivity contribution >= 4 is 5.97 Å². The van der Waals surface area contributed by atoms with E-state index in [1.807, 2.05) is 0 Å². The molecule has 1 aromatic carbocycles. The zero-order valence-electron chi connectivity index (χ0n) is 11.4. The van der Waals surface area contributed by atoms with Crippen LogP contribution in [0.2, 0.25) is 0 Å². The molecule has 2 rings (SSSR count). The molecular formula is C16H15NO4. The van der Waals surface area contributed by atoms with Gasteiger partial charge in [0.15, 0.2) is 5.75 Å². The van der Waals surface area contributed by atoms with E-state index in [1.165, 1.54) is 10.6 Å². The second-order valence-electron chi connectivity index (χ2n) is 4.41. The first-order valence-electron chi connectivity index (χ1n) is 6.37. The molecule has 0 saturated heterocycles. The first-order valence-corrected chi connectivity index (χ1v) is 6.37. The maximum Gasteiger partial charge on any atom is 0.335 e. The van der Waals surface area contributed by atoms with Gasteiger partial charge < -0.3 is 14.4 Å². The molecule has 0 fully saturated rings. The lowest BCUT2D eigenvalue weighted by molar-refractivity contribution is 0.0696. The number of rotatable bonds is 6. The summed E-state index contributed by atoms with van der Waals surface area (Å²) in [6.45, 7) is 4.07. The normalized spacial score (nSPS) is 10.1. The molecule has 5 nitrogen and oxygen atoms in total. The van der Waals surface area contributed by atoms with Crippen LogP contribution < -0.4 is 10.3 Å². The summed E-state index contributed by atoms with van der Waals surface area (Å²) in [6.07, 6.45) is 3.20. The molecule has 21 heavy (non-hydrogen) atoms. The van der Waals surface area contributed by atoms with Gasteiger partial charge in [-0.15, -0.1) is 0 Å². The van der Waals surface area contributed by atoms with Crippen LogP contribution in [0.5, 0.6) is 5.75 Å². The van der Waals surface area contributed by atoms with Crippen molar-refractivity contribution in [3.8, 4) is 5.75 Å². The highest BCUT2D eigenvalue weighted by Gasteiger charge is 2.07. The van der Waals surface area contributed by atoms with E-state index in [-0.39, 0.29) is 30.0 Å². The summed E-state index contributed by atoms with van der Waals surface area (Å²) < 4.78 is 6.75. The van der Waals surface area contributed by atoms with Crippen LogP contribution in [0.1, 0.15) is 15.9 Å². The molecule has 0 aliphatic carbocycles. The molecule has 0 aliphatic rings. The predicted octanol–water partition coefficient (Wildman–Crippen LogP) is 2.16. The van der Waals surface area contributed by atoms with Crippen molar-refractivity contribution in [2.45, 2.75) is 6.54 Å². The minimum atomic E-state index is -0.993. The SMILES string of the molecule is C=CCOc1cccn(Cc2cccc(C(=O)O)c2)c1=O. The van der Waals surface area contributed by atoms with Crippen molar-refractivity contribution < 1.29 is 14.6 Å². The average molecular weight is 285 g/mol. The third-order valence-electron chi connectivity index (χ3n) is 2.87. The lowest BCUT2D eigenvalue weighted by atomic mass is 10.1. The summed E-state index contributed by atoms with van der Waals surface area (Å²) in [5.41, 5.74) is 0.664. The van der Waals surface area contributed by atoms with E-state index in [2.05, 4.69) is 6.58 Å². The lowest BCUT2D eigenvalue weighted by Gasteiger charge is -2.09. The van der Waals surface area contributed by atoms with Gasteiger partial charge in [0.1, 0.15) is 6.61 Å². The van der Waals surface area contributed by atoms with Crippen molar-refractivity contribution in [1.82, 2.24) is 4.57 Å². The fourth-order valence-corrected chi connectivity index (χ4v) is 1.90. The number of hydrogen-bond donors (Lipinski definition) is 1. The Balaban J connectivity index is 2.27. The van der Waals surface area contributed by atoms with Gasteiger partial charge in [-0.25, -0.2) is 4.79 Å². The summed E-state index contributed by atoms with van der Waals surface area (Å²) >= 11 is 0. The first kappa shape index (κ1) is 14.6. The third kappa shape index (κ3) is 3.60. The maximum atomic E-state index is 12.2. The Labute approximate surface area is 121 Å². The highest BCUT2D eigenvalue weighted by molar-refractivity contribution is 5.87. The van der Waals surface area contributed by atoms with E-state index in [0.29, 0.717) is 0 Å². The summed E-state index contributed by atoms with van der Waals surface area (Å²) in [6, 6.07) is 9.79. The highest BCUT2D eigenvalue weighted by Crippen LogP contribution is 2.08. The molecule has 0 radical (unpaired) electrons. The topological polar surface area (TPSA) is 68.5 Å².